The third kappa shape index (κ3) is 5.06. The topological polar surface area (TPSA) is 144 Å². The minimum absolute atomic E-state index is 0.0676. The van der Waals surface area contributed by atoms with Crippen LogP contribution in [0.4, 0.5) is 17.5 Å². The van der Waals surface area contributed by atoms with E-state index in [4.69, 9.17) is 0 Å². The largest absolute Gasteiger partial charge is 0.355 e. The van der Waals surface area contributed by atoms with Crippen LogP contribution in [0.15, 0.2) is 55.1 Å². The van der Waals surface area contributed by atoms with Crippen LogP contribution in [0.2, 0.25) is 0 Å². The van der Waals surface area contributed by atoms with Crippen LogP contribution in [0.3, 0.4) is 0 Å². The molecule has 0 atom stereocenters. The van der Waals surface area contributed by atoms with Crippen LogP contribution >= 0.6 is 0 Å². The summed E-state index contributed by atoms with van der Waals surface area (Å²) in [4.78, 5) is 29.1. The van der Waals surface area contributed by atoms with Gasteiger partial charge in [0.2, 0.25) is 16.0 Å². The SMILES string of the molecule is CCS(=O)(=O)Nc1nccnc1Cn1ccc2cnc(Nc3ccc(C(=O)NC)cc3)nc21. The van der Waals surface area contributed by atoms with Crippen molar-refractivity contribution in [3.8, 4) is 0 Å². The molecular weight excluding hydrogens is 444 g/mol. The molecule has 1 amide bonds. The fourth-order valence-corrected chi connectivity index (χ4v) is 3.69. The highest BCUT2D eigenvalue weighted by atomic mass is 32.2. The number of anilines is 3. The number of carbonyl (C=O) groups excluding carboxylic acids is 1. The highest BCUT2D eigenvalue weighted by Gasteiger charge is 2.14. The number of nitrogens with one attached hydrogen (secondary N) is 3. The first-order valence-electron chi connectivity index (χ1n) is 10.1. The number of rotatable bonds is 8. The Labute approximate surface area is 190 Å². The predicted octanol–water partition coefficient (Wildman–Crippen LogP) is 2.13. The van der Waals surface area contributed by atoms with Crippen LogP contribution in [0.25, 0.3) is 11.0 Å². The lowest BCUT2D eigenvalue weighted by Gasteiger charge is -2.11. The maximum atomic E-state index is 12.0. The van der Waals surface area contributed by atoms with Crippen molar-refractivity contribution in [1.29, 1.82) is 0 Å². The van der Waals surface area contributed by atoms with Crippen molar-refractivity contribution in [3.63, 3.8) is 0 Å². The maximum absolute atomic E-state index is 12.0. The zero-order chi connectivity index (χ0) is 23.4. The number of nitrogens with zero attached hydrogens (tertiary/aromatic N) is 5. The summed E-state index contributed by atoms with van der Waals surface area (Å²) in [5.41, 5.74) is 2.38. The molecule has 0 aliphatic heterocycles. The van der Waals surface area contributed by atoms with E-state index < -0.39 is 10.0 Å². The number of amides is 1. The molecule has 33 heavy (non-hydrogen) atoms. The number of hydrogen-bond acceptors (Lipinski definition) is 8. The summed E-state index contributed by atoms with van der Waals surface area (Å²) in [6.07, 6.45) is 6.46. The molecule has 0 aliphatic rings. The Morgan fingerprint density at radius 3 is 2.55 bits per heavy atom. The second-order valence-electron chi connectivity index (χ2n) is 7.05. The molecule has 4 aromatic rings. The molecule has 4 rings (SSSR count). The Morgan fingerprint density at radius 1 is 1.06 bits per heavy atom. The number of aromatic nitrogens is 5. The summed E-state index contributed by atoms with van der Waals surface area (Å²) >= 11 is 0. The van der Waals surface area contributed by atoms with Gasteiger partial charge in [0.15, 0.2) is 5.82 Å². The van der Waals surface area contributed by atoms with Gasteiger partial charge in [-0.2, -0.15) is 4.98 Å². The Morgan fingerprint density at radius 2 is 1.82 bits per heavy atom. The fraction of sp³-hybridized carbons (Fsp3) is 0.190. The molecule has 0 spiro atoms. The molecule has 0 saturated carbocycles. The van der Waals surface area contributed by atoms with Gasteiger partial charge in [0, 0.05) is 48.5 Å². The van der Waals surface area contributed by atoms with Gasteiger partial charge in [-0.15, -0.1) is 0 Å². The van der Waals surface area contributed by atoms with Crippen molar-refractivity contribution in [2.75, 3.05) is 22.8 Å². The van der Waals surface area contributed by atoms with Crippen molar-refractivity contribution >= 4 is 44.4 Å². The first kappa shape index (κ1) is 22.1. The first-order chi connectivity index (χ1) is 15.9. The second-order valence-corrected chi connectivity index (χ2v) is 9.07. The highest BCUT2D eigenvalue weighted by molar-refractivity contribution is 7.92. The van der Waals surface area contributed by atoms with Crippen molar-refractivity contribution in [2.45, 2.75) is 13.5 Å². The van der Waals surface area contributed by atoms with Crippen molar-refractivity contribution in [3.05, 3.63) is 66.4 Å². The van der Waals surface area contributed by atoms with E-state index >= 15 is 0 Å². The van der Waals surface area contributed by atoms with Gasteiger partial charge in [-0.3, -0.25) is 14.5 Å². The lowest BCUT2D eigenvalue weighted by Crippen LogP contribution is -2.18. The molecule has 170 valence electrons. The van der Waals surface area contributed by atoms with E-state index in [1.54, 1.807) is 44.4 Å². The Hall–Kier alpha value is -4.06. The predicted molar refractivity (Wildman–Crippen MR) is 125 cm³/mol. The number of hydrogen-bond donors (Lipinski definition) is 3. The van der Waals surface area contributed by atoms with Crippen LogP contribution in [-0.2, 0) is 16.6 Å². The number of fused-ring (bicyclic) bond motifs is 1. The summed E-state index contributed by atoms with van der Waals surface area (Å²) < 4.78 is 28.3. The molecule has 0 saturated heterocycles. The average Bonchev–Trinajstić information content (AvgIpc) is 3.22. The van der Waals surface area contributed by atoms with Crippen LogP contribution in [-0.4, -0.2) is 51.6 Å². The standard InChI is InChI=1S/C21H22N8O3S/c1-3-33(31,32)28-18-17(23-9-10-24-18)13-29-11-8-15-12-25-21(27-19(15)29)26-16-6-4-14(5-7-16)20(30)22-2/h4-12H,3,13H2,1-2H3,(H,22,30)(H,24,28)(H,25,26,27). The van der Waals surface area contributed by atoms with E-state index in [-0.39, 0.29) is 24.0 Å². The number of benzene rings is 1. The lowest BCUT2D eigenvalue weighted by atomic mass is 10.2. The maximum Gasteiger partial charge on any atom is 0.251 e. The Kier molecular flexibility index (Phi) is 6.18. The zero-order valence-corrected chi connectivity index (χ0v) is 18.8. The monoisotopic (exact) mass is 466 g/mol. The van der Waals surface area contributed by atoms with Gasteiger partial charge in [-0.25, -0.2) is 18.4 Å². The van der Waals surface area contributed by atoms with Gasteiger partial charge in [0.25, 0.3) is 5.91 Å². The van der Waals surface area contributed by atoms with Crippen LogP contribution in [0.1, 0.15) is 23.0 Å². The van der Waals surface area contributed by atoms with Crippen molar-refractivity contribution in [2.24, 2.45) is 0 Å². The van der Waals surface area contributed by atoms with Crippen LogP contribution < -0.4 is 15.4 Å². The van der Waals surface area contributed by atoms with E-state index in [2.05, 4.69) is 35.3 Å². The van der Waals surface area contributed by atoms with Gasteiger partial charge in [-0.05, 0) is 37.3 Å². The second kappa shape index (κ2) is 9.20. The third-order valence-electron chi connectivity index (χ3n) is 4.86. The summed E-state index contributed by atoms with van der Waals surface area (Å²) in [7, 11) is -1.91. The molecule has 0 aliphatic carbocycles. The summed E-state index contributed by atoms with van der Waals surface area (Å²) in [5.74, 6) is 0.328. The summed E-state index contributed by atoms with van der Waals surface area (Å²) in [6.45, 7) is 1.81. The third-order valence-corrected chi connectivity index (χ3v) is 6.12. The van der Waals surface area contributed by atoms with E-state index in [1.807, 2.05) is 16.8 Å². The minimum Gasteiger partial charge on any atom is -0.355 e. The normalized spacial score (nSPS) is 11.3. The molecule has 0 unspecified atom stereocenters. The molecule has 0 radical (unpaired) electrons. The van der Waals surface area contributed by atoms with Crippen LogP contribution in [0.5, 0.6) is 0 Å². The Balaban J connectivity index is 1.59. The van der Waals surface area contributed by atoms with E-state index in [0.717, 1.165) is 11.1 Å². The van der Waals surface area contributed by atoms with Gasteiger partial charge in [-0.1, -0.05) is 0 Å². The van der Waals surface area contributed by atoms with Crippen molar-refractivity contribution < 1.29 is 13.2 Å². The van der Waals surface area contributed by atoms with Crippen molar-refractivity contribution in [1.82, 2.24) is 29.8 Å². The molecule has 0 bridgehead atoms. The average molecular weight is 467 g/mol. The first-order valence-corrected chi connectivity index (χ1v) is 11.7. The molecule has 11 nitrogen and oxygen atoms in total. The van der Waals surface area contributed by atoms with Gasteiger partial charge >= 0.3 is 0 Å². The summed E-state index contributed by atoms with van der Waals surface area (Å²) in [6, 6.07) is 8.81. The quantitative estimate of drug-likeness (QED) is 0.358. The van der Waals surface area contributed by atoms with Gasteiger partial charge in [0.1, 0.15) is 11.3 Å². The smallest absolute Gasteiger partial charge is 0.251 e. The van der Waals surface area contributed by atoms with E-state index in [0.29, 0.717) is 22.9 Å². The van der Waals surface area contributed by atoms with E-state index in [9.17, 15) is 13.2 Å². The lowest BCUT2D eigenvalue weighted by molar-refractivity contribution is 0.0963. The number of sulfonamides is 1. The van der Waals surface area contributed by atoms with Crippen LogP contribution in [0, 0.1) is 0 Å². The molecular formula is C21H22N8O3S. The number of carbonyl (C=O) groups is 1. The highest BCUT2D eigenvalue weighted by Crippen LogP contribution is 2.20. The van der Waals surface area contributed by atoms with E-state index in [1.165, 1.54) is 12.4 Å². The Bertz CT molecular complexity index is 1400. The molecule has 1 aromatic carbocycles. The molecule has 3 N–H and O–H groups in total. The van der Waals surface area contributed by atoms with Gasteiger partial charge < -0.3 is 15.2 Å². The van der Waals surface area contributed by atoms with Gasteiger partial charge in [0.05, 0.1) is 12.3 Å². The molecule has 0 fully saturated rings. The zero-order valence-electron chi connectivity index (χ0n) is 18.0. The summed E-state index contributed by atoms with van der Waals surface area (Å²) in [5, 5.41) is 6.52. The molecule has 12 heteroatoms. The fourth-order valence-electron chi connectivity index (χ4n) is 3.09. The minimum atomic E-state index is -3.49. The molecule has 3 aromatic heterocycles. The molecule has 3 heterocycles.